The third-order valence-corrected chi connectivity index (χ3v) is 7.08. The molecule has 0 radical (unpaired) electrons. The van der Waals surface area contributed by atoms with Gasteiger partial charge in [0.15, 0.2) is 0 Å². The first kappa shape index (κ1) is 22.1. The van der Waals surface area contributed by atoms with Crippen LogP contribution in [0.4, 0.5) is 11.9 Å². The summed E-state index contributed by atoms with van der Waals surface area (Å²) in [5, 5.41) is 4.90. The minimum Gasteiger partial charge on any atom is -0.497 e. The number of nitrogens with zero attached hydrogens (tertiary/aromatic N) is 4. The quantitative estimate of drug-likeness (QED) is 0.414. The molecular formula is C24H20ClN5O3S. The lowest BCUT2D eigenvalue weighted by molar-refractivity contribution is 0.414. The van der Waals surface area contributed by atoms with Gasteiger partial charge in [-0.1, -0.05) is 54.1 Å². The maximum Gasteiger partial charge on any atom is 0.264 e. The predicted octanol–water partition coefficient (Wildman–Crippen LogP) is 4.85. The molecular weight excluding hydrogens is 474 g/mol. The number of benzene rings is 3. The Morgan fingerprint density at radius 1 is 1.00 bits per heavy atom. The Bertz CT molecular complexity index is 1450. The summed E-state index contributed by atoms with van der Waals surface area (Å²) in [5.74, 6) is 1.01. The minimum absolute atomic E-state index is 0.0541. The molecule has 0 amide bonds. The van der Waals surface area contributed by atoms with Gasteiger partial charge in [-0.2, -0.15) is 4.98 Å². The second-order valence-corrected chi connectivity index (χ2v) is 9.78. The zero-order valence-corrected chi connectivity index (χ0v) is 19.7. The van der Waals surface area contributed by atoms with Crippen LogP contribution in [0.5, 0.6) is 5.75 Å². The molecule has 2 heterocycles. The molecule has 1 unspecified atom stereocenters. The van der Waals surface area contributed by atoms with E-state index in [0.717, 1.165) is 22.6 Å². The maximum absolute atomic E-state index is 12.8. The fourth-order valence-electron chi connectivity index (χ4n) is 3.77. The van der Waals surface area contributed by atoms with E-state index in [2.05, 4.69) is 19.8 Å². The highest BCUT2D eigenvalue weighted by atomic mass is 35.5. The molecule has 1 atom stereocenters. The van der Waals surface area contributed by atoms with Crippen LogP contribution in [0.15, 0.2) is 88.8 Å². The van der Waals surface area contributed by atoms with E-state index in [4.69, 9.17) is 16.3 Å². The van der Waals surface area contributed by atoms with Crippen LogP contribution >= 0.6 is 11.6 Å². The van der Waals surface area contributed by atoms with Gasteiger partial charge >= 0.3 is 0 Å². The van der Waals surface area contributed by atoms with E-state index in [-0.39, 0.29) is 16.9 Å². The number of anilines is 1. The molecule has 4 aromatic rings. The highest BCUT2D eigenvalue weighted by molar-refractivity contribution is 7.92. The van der Waals surface area contributed by atoms with E-state index in [9.17, 15) is 8.42 Å². The van der Waals surface area contributed by atoms with Crippen molar-refractivity contribution in [3.63, 3.8) is 0 Å². The van der Waals surface area contributed by atoms with Crippen LogP contribution < -0.4 is 9.46 Å². The molecule has 0 bridgehead atoms. The van der Waals surface area contributed by atoms with Gasteiger partial charge in [0, 0.05) is 11.4 Å². The summed E-state index contributed by atoms with van der Waals surface area (Å²) in [6.45, 7) is 0. The number of ether oxygens (including phenoxy) is 1. The van der Waals surface area contributed by atoms with E-state index in [1.165, 1.54) is 24.3 Å². The van der Waals surface area contributed by atoms with Gasteiger partial charge < -0.3 is 4.74 Å². The van der Waals surface area contributed by atoms with E-state index in [0.29, 0.717) is 17.4 Å². The minimum atomic E-state index is -3.90. The standard InChI is InChI=1S/C24H20ClN5O3S/c1-33-19-11-7-17(8-12-19)22-15-21(16-5-3-2-4-6-16)26-24-27-23(28-30(22)24)29-34(31,32)20-13-9-18(25)10-14-20/h2-14,22H,15H2,1H3,(H,28,29). The molecule has 5 rings (SSSR count). The van der Waals surface area contributed by atoms with Crippen molar-refractivity contribution in [2.45, 2.75) is 17.4 Å². The lowest BCUT2D eigenvalue weighted by Crippen LogP contribution is -2.21. The summed E-state index contributed by atoms with van der Waals surface area (Å²) in [5.41, 5.74) is 2.79. The molecule has 0 aliphatic carbocycles. The van der Waals surface area contributed by atoms with Crippen LogP contribution in [0.1, 0.15) is 23.6 Å². The number of aliphatic imine (C=N–C) groups is 1. The van der Waals surface area contributed by atoms with Crippen LogP contribution in [0.3, 0.4) is 0 Å². The molecule has 0 spiro atoms. The first-order chi connectivity index (χ1) is 16.4. The molecule has 0 saturated heterocycles. The zero-order chi connectivity index (χ0) is 23.7. The monoisotopic (exact) mass is 493 g/mol. The van der Waals surface area contributed by atoms with Crippen LogP contribution in [-0.4, -0.2) is 36.0 Å². The Balaban J connectivity index is 1.54. The first-order valence-electron chi connectivity index (χ1n) is 10.4. The second-order valence-electron chi connectivity index (χ2n) is 7.66. The smallest absolute Gasteiger partial charge is 0.264 e. The molecule has 1 aliphatic heterocycles. The SMILES string of the molecule is COc1ccc(C2CC(c3ccccc3)=Nc3nc(NS(=O)(=O)c4ccc(Cl)cc4)nn32)cc1. The maximum atomic E-state index is 12.8. The van der Waals surface area contributed by atoms with Crippen LogP contribution in [0.2, 0.25) is 5.02 Å². The molecule has 10 heteroatoms. The van der Waals surface area contributed by atoms with Crippen molar-refractivity contribution in [1.29, 1.82) is 0 Å². The molecule has 0 saturated carbocycles. The van der Waals surface area contributed by atoms with Crippen molar-refractivity contribution in [1.82, 2.24) is 14.8 Å². The number of hydrogen-bond donors (Lipinski definition) is 1. The molecule has 172 valence electrons. The third-order valence-electron chi connectivity index (χ3n) is 5.49. The number of fused-ring (bicyclic) bond motifs is 1. The summed E-state index contributed by atoms with van der Waals surface area (Å²) < 4.78 is 35.1. The highest BCUT2D eigenvalue weighted by Crippen LogP contribution is 2.34. The Morgan fingerprint density at radius 3 is 2.38 bits per heavy atom. The number of rotatable bonds is 6. The van der Waals surface area contributed by atoms with E-state index in [1.807, 2.05) is 54.6 Å². The Labute approximate surface area is 202 Å². The van der Waals surface area contributed by atoms with Gasteiger partial charge in [-0.15, -0.1) is 5.10 Å². The molecule has 1 aliphatic rings. The molecule has 3 aromatic carbocycles. The van der Waals surface area contributed by atoms with E-state index in [1.54, 1.807) is 11.8 Å². The van der Waals surface area contributed by atoms with Crippen molar-refractivity contribution in [3.8, 4) is 5.75 Å². The van der Waals surface area contributed by atoms with Crippen LogP contribution in [0.25, 0.3) is 0 Å². The average molecular weight is 494 g/mol. The van der Waals surface area contributed by atoms with Crippen molar-refractivity contribution in [2.24, 2.45) is 4.99 Å². The summed E-state index contributed by atoms with van der Waals surface area (Å²) in [7, 11) is -2.28. The fourth-order valence-corrected chi connectivity index (χ4v) is 4.84. The largest absolute Gasteiger partial charge is 0.497 e. The number of nitrogens with one attached hydrogen (secondary N) is 1. The summed E-state index contributed by atoms with van der Waals surface area (Å²) in [6.07, 6.45) is 0.566. The van der Waals surface area contributed by atoms with Gasteiger partial charge in [-0.3, -0.25) is 0 Å². The summed E-state index contributed by atoms with van der Waals surface area (Å²) in [4.78, 5) is 9.14. The number of halogens is 1. The van der Waals surface area contributed by atoms with Crippen molar-refractivity contribution < 1.29 is 13.2 Å². The van der Waals surface area contributed by atoms with E-state index >= 15 is 0 Å². The Morgan fingerprint density at radius 2 is 1.71 bits per heavy atom. The van der Waals surface area contributed by atoms with Gasteiger partial charge in [-0.05, 0) is 47.5 Å². The lowest BCUT2D eigenvalue weighted by Gasteiger charge is -2.23. The number of aromatic nitrogens is 3. The number of methoxy groups -OCH3 is 1. The van der Waals surface area contributed by atoms with E-state index < -0.39 is 10.0 Å². The molecule has 1 N–H and O–H groups in total. The molecule has 8 nitrogen and oxygen atoms in total. The second kappa shape index (κ2) is 8.92. The topological polar surface area (TPSA) is 98.5 Å². The van der Waals surface area contributed by atoms with Gasteiger partial charge in [0.25, 0.3) is 21.9 Å². The zero-order valence-electron chi connectivity index (χ0n) is 18.1. The van der Waals surface area contributed by atoms with Gasteiger partial charge in [0.1, 0.15) is 5.75 Å². The fraction of sp³-hybridized carbons (Fsp3) is 0.125. The molecule has 34 heavy (non-hydrogen) atoms. The average Bonchev–Trinajstić information content (AvgIpc) is 3.26. The molecule has 0 fully saturated rings. The normalized spacial score (nSPS) is 15.4. The summed E-state index contributed by atoms with van der Waals surface area (Å²) >= 11 is 5.88. The number of hydrogen-bond acceptors (Lipinski definition) is 6. The predicted molar refractivity (Wildman–Crippen MR) is 131 cm³/mol. The van der Waals surface area contributed by atoms with Crippen molar-refractivity contribution >= 4 is 39.2 Å². The van der Waals surface area contributed by atoms with Crippen molar-refractivity contribution in [3.05, 3.63) is 95.0 Å². The third kappa shape index (κ3) is 4.40. The Hall–Kier alpha value is -3.69. The lowest BCUT2D eigenvalue weighted by atomic mass is 9.96. The highest BCUT2D eigenvalue weighted by Gasteiger charge is 2.29. The van der Waals surface area contributed by atoms with Crippen molar-refractivity contribution in [2.75, 3.05) is 11.8 Å². The Kier molecular flexibility index (Phi) is 5.80. The van der Waals surface area contributed by atoms with Crippen LogP contribution in [-0.2, 0) is 10.0 Å². The van der Waals surface area contributed by atoms with Crippen LogP contribution in [0, 0.1) is 0 Å². The van der Waals surface area contributed by atoms with Gasteiger partial charge in [-0.25, -0.2) is 22.8 Å². The summed E-state index contributed by atoms with van der Waals surface area (Å²) in [6, 6.07) is 23.1. The van der Waals surface area contributed by atoms with Gasteiger partial charge in [0.05, 0.1) is 23.8 Å². The molecule has 1 aromatic heterocycles. The number of sulfonamides is 1. The van der Waals surface area contributed by atoms with Gasteiger partial charge in [0.2, 0.25) is 0 Å². The first-order valence-corrected chi connectivity index (χ1v) is 12.3.